The number of rotatable bonds is 11. The van der Waals surface area contributed by atoms with E-state index in [4.69, 9.17) is 4.74 Å². The maximum atomic E-state index is 12.9. The summed E-state index contributed by atoms with van der Waals surface area (Å²) in [6.07, 6.45) is 0. The first kappa shape index (κ1) is 24.8. The molecule has 2 aromatic rings. The molecular formula is C23H33N3O4S. The number of nitrogens with one attached hydrogen (secondary N) is 1. The van der Waals surface area contributed by atoms with E-state index >= 15 is 0 Å². The standard InChI is InChI=1S/C23H33N3O4S/c1-6-25(4)17-19-11-9-10-18(14-19)16-24-23(27)21-15-20(12-13-22(21)30-5)31(28,29)26(7-2)8-3/h9-15H,6-8,16-17H2,1-5H3,(H,24,27). The smallest absolute Gasteiger partial charge is 0.255 e. The Morgan fingerprint density at radius 2 is 1.68 bits per heavy atom. The van der Waals surface area contributed by atoms with Crippen LogP contribution in [0, 0.1) is 0 Å². The largest absolute Gasteiger partial charge is 0.496 e. The van der Waals surface area contributed by atoms with E-state index in [0.29, 0.717) is 25.4 Å². The number of nitrogens with zero attached hydrogens (tertiary/aromatic N) is 2. The fourth-order valence-electron chi connectivity index (χ4n) is 3.28. The van der Waals surface area contributed by atoms with E-state index in [1.165, 1.54) is 35.2 Å². The number of carbonyl (C=O) groups excluding carboxylic acids is 1. The molecule has 0 fully saturated rings. The summed E-state index contributed by atoms with van der Waals surface area (Å²) < 4.78 is 32.4. The molecule has 7 nitrogen and oxygen atoms in total. The Morgan fingerprint density at radius 1 is 1.00 bits per heavy atom. The van der Waals surface area contributed by atoms with E-state index in [-0.39, 0.29) is 16.4 Å². The number of amides is 1. The van der Waals surface area contributed by atoms with Crippen molar-refractivity contribution in [3.05, 3.63) is 59.2 Å². The van der Waals surface area contributed by atoms with E-state index in [9.17, 15) is 13.2 Å². The lowest BCUT2D eigenvalue weighted by Gasteiger charge is -2.19. The van der Waals surface area contributed by atoms with Crippen LogP contribution in [0.2, 0.25) is 0 Å². The van der Waals surface area contributed by atoms with Gasteiger partial charge in [-0.3, -0.25) is 4.79 Å². The van der Waals surface area contributed by atoms with Crippen LogP contribution in [0.4, 0.5) is 0 Å². The molecule has 170 valence electrons. The van der Waals surface area contributed by atoms with Crippen LogP contribution < -0.4 is 10.1 Å². The molecule has 0 heterocycles. The van der Waals surface area contributed by atoms with E-state index in [1.54, 1.807) is 13.8 Å². The molecule has 8 heteroatoms. The van der Waals surface area contributed by atoms with Gasteiger partial charge in [-0.25, -0.2) is 8.42 Å². The first-order chi connectivity index (χ1) is 14.8. The Labute approximate surface area is 186 Å². The molecule has 0 saturated carbocycles. The lowest BCUT2D eigenvalue weighted by Crippen LogP contribution is -2.31. The van der Waals surface area contributed by atoms with Crippen LogP contribution >= 0.6 is 0 Å². The summed E-state index contributed by atoms with van der Waals surface area (Å²) in [5, 5.41) is 2.88. The first-order valence-corrected chi connectivity index (χ1v) is 11.9. The molecule has 2 rings (SSSR count). The number of methoxy groups -OCH3 is 1. The molecule has 0 radical (unpaired) electrons. The maximum Gasteiger partial charge on any atom is 0.255 e. The van der Waals surface area contributed by atoms with Gasteiger partial charge in [0.2, 0.25) is 10.0 Å². The van der Waals surface area contributed by atoms with Gasteiger partial charge in [-0.05, 0) is 42.9 Å². The minimum atomic E-state index is -3.68. The van der Waals surface area contributed by atoms with Gasteiger partial charge in [-0.1, -0.05) is 45.0 Å². The van der Waals surface area contributed by atoms with Gasteiger partial charge in [0.1, 0.15) is 5.75 Å². The van der Waals surface area contributed by atoms with Crippen LogP contribution in [0.25, 0.3) is 0 Å². The second-order valence-corrected chi connectivity index (χ2v) is 9.22. The number of carbonyl (C=O) groups is 1. The Kier molecular flexibility index (Phi) is 9.03. The van der Waals surface area contributed by atoms with Crippen molar-refractivity contribution in [3.63, 3.8) is 0 Å². The van der Waals surface area contributed by atoms with Crippen LogP contribution in [0.3, 0.4) is 0 Å². The highest BCUT2D eigenvalue weighted by Gasteiger charge is 2.24. The normalized spacial score (nSPS) is 11.7. The predicted octanol–water partition coefficient (Wildman–Crippen LogP) is 3.11. The topological polar surface area (TPSA) is 79.0 Å². The minimum absolute atomic E-state index is 0.0757. The first-order valence-electron chi connectivity index (χ1n) is 10.5. The molecular weight excluding hydrogens is 414 g/mol. The predicted molar refractivity (Wildman–Crippen MR) is 123 cm³/mol. The third-order valence-corrected chi connectivity index (χ3v) is 7.24. The molecule has 0 saturated heterocycles. The van der Waals surface area contributed by atoms with E-state index in [1.807, 2.05) is 12.1 Å². The van der Waals surface area contributed by atoms with Crippen molar-refractivity contribution in [2.45, 2.75) is 38.8 Å². The molecule has 2 aromatic carbocycles. The third kappa shape index (κ3) is 6.29. The van der Waals surface area contributed by atoms with Crippen molar-refractivity contribution >= 4 is 15.9 Å². The highest BCUT2D eigenvalue weighted by Crippen LogP contribution is 2.24. The Hall–Kier alpha value is -2.42. The van der Waals surface area contributed by atoms with Gasteiger partial charge in [-0.2, -0.15) is 4.31 Å². The third-order valence-electron chi connectivity index (χ3n) is 5.20. The molecule has 0 bridgehead atoms. The number of benzene rings is 2. The van der Waals surface area contributed by atoms with Crippen molar-refractivity contribution in [1.29, 1.82) is 0 Å². The Balaban J connectivity index is 2.22. The number of hydrogen-bond donors (Lipinski definition) is 1. The zero-order valence-electron chi connectivity index (χ0n) is 19.0. The fourth-order valence-corrected chi connectivity index (χ4v) is 4.76. The number of hydrogen-bond acceptors (Lipinski definition) is 5. The SMILES string of the molecule is CCN(C)Cc1cccc(CNC(=O)c2cc(S(=O)(=O)N(CC)CC)ccc2OC)c1. The average molecular weight is 448 g/mol. The number of ether oxygens (including phenoxy) is 1. The van der Waals surface area contributed by atoms with Crippen molar-refractivity contribution in [2.24, 2.45) is 0 Å². The molecule has 31 heavy (non-hydrogen) atoms. The molecule has 0 aliphatic carbocycles. The molecule has 0 spiro atoms. The summed E-state index contributed by atoms with van der Waals surface area (Å²) in [7, 11) is -0.164. The van der Waals surface area contributed by atoms with Gasteiger partial charge in [0.15, 0.2) is 0 Å². The lowest BCUT2D eigenvalue weighted by atomic mass is 10.1. The second kappa shape index (κ2) is 11.3. The lowest BCUT2D eigenvalue weighted by molar-refractivity contribution is 0.0947. The van der Waals surface area contributed by atoms with Gasteiger partial charge < -0.3 is 15.0 Å². The maximum absolute atomic E-state index is 12.9. The highest BCUT2D eigenvalue weighted by molar-refractivity contribution is 7.89. The van der Waals surface area contributed by atoms with Gasteiger partial charge in [-0.15, -0.1) is 0 Å². The van der Waals surface area contributed by atoms with Gasteiger partial charge in [0.05, 0.1) is 17.6 Å². The Morgan fingerprint density at radius 3 is 2.29 bits per heavy atom. The summed E-state index contributed by atoms with van der Waals surface area (Å²) in [4.78, 5) is 15.2. The quantitative estimate of drug-likeness (QED) is 0.573. The summed E-state index contributed by atoms with van der Waals surface area (Å²) in [5.74, 6) is -0.0566. The molecule has 0 aliphatic rings. The van der Waals surface area contributed by atoms with Gasteiger partial charge in [0.25, 0.3) is 5.91 Å². The average Bonchev–Trinajstić information content (AvgIpc) is 2.77. The fraction of sp³-hybridized carbons (Fsp3) is 0.435. The van der Waals surface area contributed by atoms with Crippen LogP contribution in [0.1, 0.15) is 42.3 Å². The molecule has 1 amide bonds. The summed E-state index contributed by atoms with van der Waals surface area (Å²) in [5.41, 5.74) is 2.33. The highest BCUT2D eigenvalue weighted by atomic mass is 32.2. The molecule has 0 unspecified atom stereocenters. The van der Waals surface area contributed by atoms with Crippen molar-refractivity contribution in [1.82, 2.24) is 14.5 Å². The Bertz CT molecular complexity index is 988. The van der Waals surface area contributed by atoms with Crippen molar-refractivity contribution in [2.75, 3.05) is 33.8 Å². The van der Waals surface area contributed by atoms with Gasteiger partial charge >= 0.3 is 0 Å². The van der Waals surface area contributed by atoms with Gasteiger partial charge in [0, 0.05) is 26.2 Å². The summed E-state index contributed by atoms with van der Waals surface area (Å²) in [6.45, 7) is 8.50. The second-order valence-electron chi connectivity index (χ2n) is 7.28. The minimum Gasteiger partial charge on any atom is -0.496 e. The zero-order chi connectivity index (χ0) is 23.0. The van der Waals surface area contributed by atoms with E-state index in [0.717, 1.165) is 18.7 Å². The molecule has 1 N–H and O–H groups in total. The van der Waals surface area contributed by atoms with Crippen molar-refractivity contribution < 1.29 is 17.9 Å². The van der Waals surface area contributed by atoms with Crippen LogP contribution in [0.5, 0.6) is 5.75 Å². The van der Waals surface area contributed by atoms with E-state index < -0.39 is 10.0 Å². The molecule has 0 aliphatic heterocycles. The van der Waals surface area contributed by atoms with E-state index in [2.05, 4.69) is 36.3 Å². The summed E-state index contributed by atoms with van der Waals surface area (Å²) >= 11 is 0. The zero-order valence-corrected chi connectivity index (χ0v) is 19.8. The van der Waals surface area contributed by atoms with Crippen molar-refractivity contribution in [3.8, 4) is 5.75 Å². The summed E-state index contributed by atoms with van der Waals surface area (Å²) in [6, 6.07) is 12.4. The van der Waals surface area contributed by atoms with Crippen LogP contribution in [-0.4, -0.2) is 57.3 Å². The van der Waals surface area contributed by atoms with Crippen LogP contribution in [0.15, 0.2) is 47.4 Å². The molecule has 0 atom stereocenters. The molecule has 0 aromatic heterocycles. The number of sulfonamides is 1. The van der Waals surface area contributed by atoms with Crippen LogP contribution in [-0.2, 0) is 23.1 Å². The monoisotopic (exact) mass is 447 g/mol.